The molecule has 0 saturated carbocycles. The van der Waals surface area contributed by atoms with Crippen molar-refractivity contribution in [2.45, 2.75) is 25.4 Å². The Morgan fingerprint density at radius 3 is 2.63 bits per heavy atom. The number of hydrogen-bond donors (Lipinski definition) is 1. The quantitative estimate of drug-likeness (QED) is 0.789. The topological polar surface area (TPSA) is 66.4 Å². The Hall–Kier alpha value is -1.96. The molecule has 1 N–H and O–H groups in total. The Morgan fingerprint density at radius 2 is 1.89 bits per heavy atom. The molecule has 0 unspecified atom stereocenters. The summed E-state index contributed by atoms with van der Waals surface area (Å²) >= 11 is 5.86. The first kappa shape index (κ1) is 18.4. The predicted molar refractivity (Wildman–Crippen MR) is 106 cm³/mol. The number of piperidine rings is 1. The Labute approximate surface area is 164 Å². The summed E-state index contributed by atoms with van der Waals surface area (Å²) in [6.45, 7) is 6.21. The van der Waals surface area contributed by atoms with Crippen molar-refractivity contribution >= 4 is 23.4 Å². The van der Waals surface area contributed by atoms with Gasteiger partial charge in [-0.1, -0.05) is 17.7 Å². The third-order valence-corrected chi connectivity index (χ3v) is 5.29. The zero-order valence-electron chi connectivity index (χ0n) is 15.4. The normalized spacial score (nSPS) is 19.2. The summed E-state index contributed by atoms with van der Waals surface area (Å²) in [6.07, 6.45) is 5.89. The van der Waals surface area contributed by atoms with Crippen LogP contribution in [0.3, 0.4) is 0 Å². The van der Waals surface area contributed by atoms with E-state index in [-0.39, 0.29) is 0 Å². The molecular formula is C19H25ClN6O. The number of pyridine rings is 1. The van der Waals surface area contributed by atoms with Gasteiger partial charge in [-0.05, 0) is 30.5 Å². The standard InChI is InChI=1S/C19H25ClN6O/c20-17-2-1-15(13-22-17)14-25-7-4-16(5-8-25)23-18-3-6-21-19(24-18)26-9-11-27-12-10-26/h1-3,6,13,16H,4-5,7-12,14H2,(H,21,23,24). The van der Waals surface area contributed by atoms with Crippen molar-refractivity contribution in [3.8, 4) is 0 Å². The molecule has 0 aromatic carbocycles. The fourth-order valence-corrected chi connectivity index (χ4v) is 3.66. The highest BCUT2D eigenvalue weighted by atomic mass is 35.5. The van der Waals surface area contributed by atoms with Crippen LogP contribution in [0.1, 0.15) is 18.4 Å². The van der Waals surface area contributed by atoms with Crippen molar-refractivity contribution in [3.05, 3.63) is 41.3 Å². The van der Waals surface area contributed by atoms with Crippen LogP contribution in [0.4, 0.5) is 11.8 Å². The van der Waals surface area contributed by atoms with Crippen LogP contribution in [-0.4, -0.2) is 65.3 Å². The first-order valence-corrected chi connectivity index (χ1v) is 9.89. The van der Waals surface area contributed by atoms with E-state index >= 15 is 0 Å². The number of morpholine rings is 1. The summed E-state index contributed by atoms with van der Waals surface area (Å²) in [5.41, 5.74) is 1.21. The van der Waals surface area contributed by atoms with Crippen LogP contribution in [0, 0.1) is 0 Å². The number of ether oxygens (including phenoxy) is 1. The van der Waals surface area contributed by atoms with Gasteiger partial charge in [0.05, 0.1) is 13.2 Å². The van der Waals surface area contributed by atoms with E-state index in [1.165, 1.54) is 5.56 Å². The molecule has 7 nitrogen and oxygen atoms in total. The maximum atomic E-state index is 5.86. The number of aromatic nitrogens is 3. The lowest BCUT2D eigenvalue weighted by atomic mass is 10.0. The number of rotatable bonds is 5. The molecule has 2 saturated heterocycles. The van der Waals surface area contributed by atoms with E-state index in [4.69, 9.17) is 21.3 Å². The van der Waals surface area contributed by atoms with E-state index < -0.39 is 0 Å². The maximum absolute atomic E-state index is 5.86. The van der Waals surface area contributed by atoms with Crippen molar-refractivity contribution in [1.82, 2.24) is 19.9 Å². The molecule has 144 valence electrons. The second-order valence-corrected chi connectivity index (χ2v) is 7.41. The van der Waals surface area contributed by atoms with Crippen molar-refractivity contribution in [2.24, 2.45) is 0 Å². The minimum absolute atomic E-state index is 0.442. The van der Waals surface area contributed by atoms with E-state index in [1.54, 1.807) is 0 Å². The molecule has 0 spiro atoms. The molecule has 27 heavy (non-hydrogen) atoms. The van der Waals surface area contributed by atoms with E-state index in [0.717, 1.165) is 70.5 Å². The average Bonchev–Trinajstić information content (AvgIpc) is 2.72. The van der Waals surface area contributed by atoms with E-state index in [2.05, 4.69) is 25.1 Å². The first-order chi connectivity index (χ1) is 13.3. The first-order valence-electron chi connectivity index (χ1n) is 9.51. The lowest BCUT2D eigenvalue weighted by Gasteiger charge is -2.32. The van der Waals surface area contributed by atoms with Gasteiger partial charge in [-0.25, -0.2) is 9.97 Å². The fourth-order valence-electron chi connectivity index (χ4n) is 3.55. The number of hydrogen-bond acceptors (Lipinski definition) is 7. The highest BCUT2D eigenvalue weighted by Crippen LogP contribution is 2.19. The van der Waals surface area contributed by atoms with Crippen LogP contribution >= 0.6 is 11.6 Å². The summed E-state index contributed by atoms with van der Waals surface area (Å²) in [5.74, 6) is 1.70. The summed E-state index contributed by atoms with van der Waals surface area (Å²) in [5, 5.41) is 4.13. The maximum Gasteiger partial charge on any atom is 0.227 e. The molecule has 0 aliphatic carbocycles. The van der Waals surface area contributed by atoms with Crippen LogP contribution in [0.2, 0.25) is 5.15 Å². The van der Waals surface area contributed by atoms with Crippen molar-refractivity contribution in [3.63, 3.8) is 0 Å². The van der Waals surface area contributed by atoms with E-state index in [9.17, 15) is 0 Å². The number of likely N-dealkylation sites (tertiary alicyclic amines) is 1. The largest absolute Gasteiger partial charge is 0.378 e. The van der Waals surface area contributed by atoms with Gasteiger partial charge in [0.25, 0.3) is 0 Å². The summed E-state index contributed by atoms with van der Waals surface area (Å²) in [4.78, 5) is 17.9. The second kappa shape index (κ2) is 8.82. The minimum Gasteiger partial charge on any atom is -0.378 e. The number of anilines is 2. The summed E-state index contributed by atoms with van der Waals surface area (Å²) in [7, 11) is 0. The molecule has 0 radical (unpaired) electrons. The van der Waals surface area contributed by atoms with Gasteiger partial charge in [0.15, 0.2) is 0 Å². The molecule has 0 atom stereocenters. The summed E-state index contributed by atoms with van der Waals surface area (Å²) < 4.78 is 5.40. The molecule has 4 heterocycles. The van der Waals surface area contributed by atoms with Gasteiger partial charge in [-0.3, -0.25) is 4.90 Å². The van der Waals surface area contributed by atoms with Gasteiger partial charge >= 0.3 is 0 Å². The Bertz CT molecular complexity index is 729. The molecule has 2 aliphatic rings. The second-order valence-electron chi connectivity index (χ2n) is 7.03. The molecule has 4 rings (SSSR count). The molecule has 2 fully saturated rings. The average molecular weight is 389 g/mol. The number of nitrogens with one attached hydrogen (secondary N) is 1. The van der Waals surface area contributed by atoms with Crippen LogP contribution < -0.4 is 10.2 Å². The zero-order chi connectivity index (χ0) is 18.5. The van der Waals surface area contributed by atoms with Crippen LogP contribution in [0.25, 0.3) is 0 Å². The number of nitrogens with zero attached hydrogens (tertiary/aromatic N) is 5. The molecule has 2 aromatic heterocycles. The highest BCUT2D eigenvalue weighted by molar-refractivity contribution is 6.29. The van der Waals surface area contributed by atoms with Crippen molar-refractivity contribution in [1.29, 1.82) is 0 Å². The third kappa shape index (κ3) is 5.06. The molecule has 8 heteroatoms. The molecule has 2 aliphatic heterocycles. The lowest BCUT2D eigenvalue weighted by Crippen LogP contribution is -2.39. The fraction of sp³-hybridized carbons (Fsp3) is 0.526. The monoisotopic (exact) mass is 388 g/mol. The molecule has 0 amide bonds. The zero-order valence-corrected chi connectivity index (χ0v) is 16.1. The minimum atomic E-state index is 0.442. The van der Waals surface area contributed by atoms with Crippen molar-refractivity contribution < 1.29 is 4.74 Å². The van der Waals surface area contributed by atoms with Gasteiger partial charge in [0.1, 0.15) is 11.0 Å². The smallest absolute Gasteiger partial charge is 0.227 e. The van der Waals surface area contributed by atoms with Gasteiger partial charge in [0.2, 0.25) is 5.95 Å². The third-order valence-electron chi connectivity index (χ3n) is 5.07. The van der Waals surface area contributed by atoms with Crippen LogP contribution in [0.5, 0.6) is 0 Å². The van der Waals surface area contributed by atoms with E-state index in [1.807, 2.05) is 30.6 Å². The predicted octanol–water partition coefficient (Wildman–Crippen LogP) is 2.44. The molecular weight excluding hydrogens is 364 g/mol. The van der Waals surface area contributed by atoms with Gasteiger partial charge in [-0.2, -0.15) is 4.98 Å². The molecule has 0 bridgehead atoms. The van der Waals surface area contributed by atoms with Gasteiger partial charge in [0, 0.05) is 51.2 Å². The SMILES string of the molecule is Clc1ccc(CN2CCC(Nc3ccnc(N4CCOCC4)n3)CC2)cn1. The van der Waals surface area contributed by atoms with Crippen LogP contribution in [0.15, 0.2) is 30.6 Å². The summed E-state index contributed by atoms with van der Waals surface area (Å²) in [6, 6.07) is 6.30. The van der Waals surface area contributed by atoms with Crippen molar-refractivity contribution in [2.75, 3.05) is 49.6 Å². The van der Waals surface area contributed by atoms with Crippen LogP contribution in [-0.2, 0) is 11.3 Å². The van der Waals surface area contributed by atoms with E-state index in [0.29, 0.717) is 11.2 Å². The van der Waals surface area contributed by atoms with Gasteiger partial charge in [-0.15, -0.1) is 0 Å². The Balaban J connectivity index is 1.28. The lowest BCUT2D eigenvalue weighted by molar-refractivity contribution is 0.122. The Kier molecular flexibility index (Phi) is 6.01. The van der Waals surface area contributed by atoms with Gasteiger partial charge < -0.3 is 15.0 Å². The molecule has 2 aromatic rings. The Morgan fingerprint density at radius 1 is 1.07 bits per heavy atom. The highest BCUT2D eigenvalue weighted by Gasteiger charge is 2.20. The number of halogens is 1.